The van der Waals surface area contributed by atoms with Gasteiger partial charge in [0.15, 0.2) is 0 Å². The Kier molecular flexibility index (Phi) is 5.85. The van der Waals surface area contributed by atoms with Gasteiger partial charge in [-0.15, -0.1) is 0 Å². The van der Waals surface area contributed by atoms with E-state index in [1.54, 1.807) is 0 Å². The van der Waals surface area contributed by atoms with Gasteiger partial charge in [-0.3, -0.25) is 4.79 Å². The molecular weight excluding hydrogens is 378 g/mol. The van der Waals surface area contributed by atoms with Crippen molar-refractivity contribution in [2.24, 2.45) is 0 Å². The van der Waals surface area contributed by atoms with E-state index < -0.39 is 0 Å². The average Bonchev–Trinajstić information content (AvgIpc) is 3.24. The predicted molar refractivity (Wildman–Crippen MR) is 113 cm³/mol. The summed E-state index contributed by atoms with van der Waals surface area (Å²) in [5.74, 6) is 2.22. The van der Waals surface area contributed by atoms with E-state index in [-0.39, 0.29) is 12.5 Å². The minimum atomic E-state index is -0.0986. The van der Waals surface area contributed by atoms with Crippen LogP contribution in [0, 0.1) is 6.92 Å². The number of rotatable bonds is 7. The van der Waals surface area contributed by atoms with Crippen LogP contribution < -0.4 is 10.1 Å². The summed E-state index contributed by atoms with van der Waals surface area (Å²) in [4.78, 5) is 16.4. The topological polar surface area (TPSA) is 77.3 Å². The monoisotopic (exact) mass is 399 g/mol. The third kappa shape index (κ3) is 5.11. The highest BCUT2D eigenvalue weighted by Crippen LogP contribution is 2.24. The summed E-state index contributed by atoms with van der Waals surface area (Å²) in [5, 5.41) is 6.79. The minimum Gasteiger partial charge on any atom is -0.457 e. The maximum Gasteiger partial charge on any atom is 0.246 e. The van der Waals surface area contributed by atoms with Gasteiger partial charge < -0.3 is 14.6 Å². The van der Waals surface area contributed by atoms with E-state index in [0.29, 0.717) is 18.1 Å². The second-order valence-electron chi connectivity index (χ2n) is 6.89. The molecular formula is C24H21N3O3. The summed E-state index contributed by atoms with van der Waals surface area (Å²) in [6.45, 7) is 2.22. The maximum atomic E-state index is 12.1. The molecule has 1 N–H and O–H groups in total. The zero-order valence-corrected chi connectivity index (χ0v) is 16.5. The molecule has 0 unspecified atom stereocenters. The summed E-state index contributed by atoms with van der Waals surface area (Å²) in [7, 11) is 0. The van der Waals surface area contributed by atoms with Crippen LogP contribution in [-0.2, 0) is 17.8 Å². The fourth-order valence-corrected chi connectivity index (χ4v) is 2.88. The number of nitrogens with one attached hydrogen (secondary N) is 1. The van der Waals surface area contributed by atoms with Crippen LogP contribution in [0.4, 0.5) is 0 Å². The van der Waals surface area contributed by atoms with Crippen molar-refractivity contribution in [3.63, 3.8) is 0 Å². The van der Waals surface area contributed by atoms with Crippen LogP contribution in [0.5, 0.6) is 11.5 Å². The second-order valence-corrected chi connectivity index (χ2v) is 6.89. The SMILES string of the molecule is Cc1ccc(Oc2ccc(-c3noc(CNC(=O)Cc4ccccc4)n3)cc2)cc1. The van der Waals surface area contributed by atoms with Gasteiger partial charge in [0.1, 0.15) is 11.5 Å². The van der Waals surface area contributed by atoms with E-state index in [0.717, 1.165) is 22.6 Å². The van der Waals surface area contributed by atoms with Gasteiger partial charge in [-0.25, -0.2) is 0 Å². The molecule has 4 aromatic rings. The molecule has 0 bridgehead atoms. The van der Waals surface area contributed by atoms with Crippen LogP contribution >= 0.6 is 0 Å². The van der Waals surface area contributed by atoms with Crippen molar-refractivity contribution < 1.29 is 14.1 Å². The zero-order chi connectivity index (χ0) is 20.8. The number of aryl methyl sites for hydroxylation is 1. The molecule has 4 rings (SSSR count). The molecule has 0 fully saturated rings. The highest BCUT2D eigenvalue weighted by molar-refractivity contribution is 5.78. The molecule has 0 aliphatic heterocycles. The van der Waals surface area contributed by atoms with Crippen molar-refractivity contribution in [2.75, 3.05) is 0 Å². The maximum absolute atomic E-state index is 12.1. The molecule has 0 aliphatic carbocycles. The quantitative estimate of drug-likeness (QED) is 0.488. The first-order chi connectivity index (χ1) is 14.7. The molecule has 0 saturated heterocycles. The number of nitrogens with zero attached hydrogens (tertiary/aromatic N) is 2. The van der Waals surface area contributed by atoms with Crippen LogP contribution in [0.25, 0.3) is 11.4 Å². The molecule has 6 nitrogen and oxygen atoms in total. The van der Waals surface area contributed by atoms with Gasteiger partial charge in [-0.2, -0.15) is 4.98 Å². The number of amides is 1. The summed E-state index contributed by atoms with van der Waals surface area (Å²) >= 11 is 0. The van der Waals surface area contributed by atoms with Crippen molar-refractivity contribution in [1.82, 2.24) is 15.5 Å². The Balaban J connectivity index is 1.33. The molecule has 6 heteroatoms. The number of carbonyl (C=O) groups excluding carboxylic acids is 1. The summed E-state index contributed by atoms with van der Waals surface area (Å²) in [5.41, 5.74) is 2.94. The molecule has 1 aromatic heterocycles. The van der Waals surface area contributed by atoms with E-state index in [9.17, 15) is 4.79 Å². The highest BCUT2D eigenvalue weighted by Gasteiger charge is 2.11. The van der Waals surface area contributed by atoms with E-state index in [2.05, 4.69) is 15.5 Å². The van der Waals surface area contributed by atoms with Crippen LogP contribution in [0.15, 0.2) is 83.4 Å². The van der Waals surface area contributed by atoms with Gasteiger partial charge in [0.25, 0.3) is 0 Å². The van der Waals surface area contributed by atoms with Gasteiger partial charge in [-0.1, -0.05) is 53.2 Å². The molecule has 1 amide bonds. The first-order valence-corrected chi connectivity index (χ1v) is 9.64. The van der Waals surface area contributed by atoms with Crippen molar-refractivity contribution >= 4 is 5.91 Å². The second kappa shape index (κ2) is 9.05. The number of hydrogen-bond donors (Lipinski definition) is 1. The van der Waals surface area contributed by atoms with Crippen molar-refractivity contribution in [2.45, 2.75) is 19.9 Å². The van der Waals surface area contributed by atoms with Crippen LogP contribution in [-0.4, -0.2) is 16.0 Å². The standard InChI is InChI=1S/C24H21N3O3/c1-17-7-11-20(12-8-17)29-21-13-9-19(10-14-21)24-26-23(30-27-24)16-25-22(28)15-18-5-3-2-4-6-18/h2-14H,15-16H2,1H3,(H,25,28). The Hall–Kier alpha value is -3.93. The molecule has 0 atom stereocenters. The van der Waals surface area contributed by atoms with E-state index >= 15 is 0 Å². The Morgan fingerprint density at radius 3 is 2.30 bits per heavy atom. The largest absolute Gasteiger partial charge is 0.457 e. The van der Waals surface area contributed by atoms with Gasteiger partial charge in [-0.05, 0) is 48.9 Å². The van der Waals surface area contributed by atoms with E-state index in [1.165, 1.54) is 5.56 Å². The molecule has 0 saturated carbocycles. The van der Waals surface area contributed by atoms with Gasteiger partial charge in [0.05, 0.1) is 13.0 Å². The lowest BCUT2D eigenvalue weighted by molar-refractivity contribution is -0.120. The smallest absolute Gasteiger partial charge is 0.246 e. The van der Waals surface area contributed by atoms with Crippen LogP contribution in [0.1, 0.15) is 17.0 Å². The van der Waals surface area contributed by atoms with Crippen molar-refractivity contribution in [3.8, 4) is 22.9 Å². The lowest BCUT2D eigenvalue weighted by Gasteiger charge is -2.06. The molecule has 0 aliphatic rings. The number of hydrogen-bond acceptors (Lipinski definition) is 5. The Morgan fingerprint density at radius 1 is 0.933 bits per heavy atom. The third-order valence-corrected chi connectivity index (χ3v) is 4.48. The Morgan fingerprint density at radius 2 is 1.60 bits per heavy atom. The molecule has 0 radical (unpaired) electrons. The first kappa shape index (κ1) is 19.4. The summed E-state index contributed by atoms with van der Waals surface area (Å²) < 4.78 is 11.1. The fraction of sp³-hybridized carbons (Fsp3) is 0.125. The molecule has 1 heterocycles. The predicted octanol–water partition coefficient (Wildman–Crippen LogP) is 4.70. The lowest BCUT2D eigenvalue weighted by Crippen LogP contribution is -2.24. The lowest BCUT2D eigenvalue weighted by atomic mass is 10.1. The molecule has 150 valence electrons. The minimum absolute atomic E-state index is 0.0986. The average molecular weight is 399 g/mol. The first-order valence-electron chi connectivity index (χ1n) is 9.64. The number of carbonyl (C=O) groups is 1. The molecule has 30 heavy (non-hydrogen) atoms. The third-order valence-electron chi connectivity index (χ3n) is 4.48. The van der Waals surface area contributed by atoms with Crippen LogP contribution in [0.3, 0.4) is 0 Å². The van der Waals surface area contributed by atoms with Gasteiger partial charge in [0, 0.05) is 5.56 Å². The number of benzene rings is 3. The molecule has 3 aromatic carbocycles. The number of ether oxygens (including phenoxy) is 1. The number of aromatic nitrogens is 2. The van der Waals surface area contributed by atoms with Crippen LogP contribution in [0.2, 0.25) is 0 Å². The van der Waals surface area contributed by atoms with Crippen molar-refractivity contribution in [3.05, 3.63) is 95.9 Å². The van der Waals surface area contributed by atoms with E-state index in [1.807, 2.05) is 85.8 Å². The fourth-order valence-electron chi connectivity index (χ4n) is 2.88. The Labute approximate surface area is 174 Å². The zero-order valence-electron chi connectivity index (χ0n) is 16.5. The summed E-state index contributed by atoms with van der Waals surface area (Å²) in [6.07, 6.45) is 0.310. The highest BCUT2D eigenvalue weighted by atomic mass is 16.5. The molecule has 0 spiro atoms. The Bertz CT molecular complexity index is 1100. The summed E-state index contributed by atoms with van der Waals surface area (Å²) in [6, 6.07) is 24.9. The van der Waals surface area contributed by atoms with Gasteiger partial charge in [0.2, 0.25) is 17.6 Å². The van der Waals surface area contributed by atoms with Crippen molar-refractivity contribution in [1.29, 1.82) is 0 Å². The van der Waals surface area contributed by atoms with Gasteiger partial charge >= 0.3 is 0 Å². The normalized spacial score (nSPS) is 10.6. The van der Waals surface area contributed by atoms with E-state index in [4.69, 9.17) is 9.26 Å².